The Bertz CT molecular complexity index is 1090. The van der Waals surface area contributed by atoms with Crippen molar-refractivity contribution in [1.29, 1.82) is 0 Å². The van der Waals surface area contributed by atoms with E-state index in [1.165, 1.54) is 43.0 Å². The van der Waals surface area contributed by atoms with Gasteiger partial charge in [0.2, 0.25) is 5.91 Å². The van der Waals surface area contributed by atoms with E-state index in [1.807, 2.05) is 25.3 Å². The van der Waals surface area contributed by atoms with Gasteiger partial charge in [-0.1, -0.05) is 32.0 Å². The summed E-state index contributed by atoms with van der Waals surface area (Å²) in [5.41, 5.74) is 3.66. The monoisotopic (exact) mass is 412 g/mol. The standard InChI is InChI=1S/C21H24N4O3S/c1-15(26)23-16-9-11-17(12-10-16)29(27,28)24-22-14-13-20-21(2,3)18-7-5-6-8-19(18)25(20)4/h5-14,24H,1-4H3,(H,23,26)/b20-13+,22-14+. The Morgan fingerprint density at radius 1 is 1.10 bits per heavy atom. The molecular weight excluding hydrogens is 388 g/mol. The van der Waals surface area contributed by atoms with E-state index in [4.69, 9.17) is 0 Å². The summed E-state index contributed by atoms with van der Waals surface area (Å²) >= 11 is 0. The number of allylic oxidation sites excluding steroid dienone is 2. The third-order valence-electron chi connectivity index (χ3n) is 4.91. The molecule has 8 heteroatoms. The first kappa shape index (κ1) is 20.6. The minimum atomic E-state index is -3.80. The van der Waals surface area contributed by atoms with Crippen LogP contribution in [0.15, 0.2) is 70.3 Å². The molecule has 1 aliphatic rings. The maximum atomic E-state index is 12.4. The molecule has 0 aliphatic carbocycles. The van der Waals surface area contributed by atoms with Crippen molar-refractivity contribution in [1.82, 2.24) is 4.83 Å². The van der Waals surface area contributed by atoms with Crippen molar-refractivity contribution in [3.05, 3.63) is 65.9 Å². The second kappa shape index (κ2) is 7.71. The van der Waals surface area contributed by atoms with Gasteiger partial charge in [-0.05, 0) is 42.0 Å². The number of benzene rings is 2. The van der Waals surface area contributed by atoms with Gasteiger partial charge in [0.05, 0.1) is 4.90 Å². The van der Waals surface area contributed by atoms with E-state index in [0.717, 1.165) is 11.4 Å². The number of anilines is 2. The Kier molecular flexibility index (Phi) is 5.48. The van der Waals surface area contributed by atoms with Crippen molar-refractivity contribution >= 4 is 33.5 Å². The summed E-state index contributed by atoms with van der Waals surface area (Å²) in [6.07, 6.45) is 3.26. The maximum Gasteiger partial charge on any atom is 0.276 e. The average molecular weight is 413 g/mol. The zero-order valence-corrected chi connectivity index (χ0v) is 17.6. The van der Waals surface area contributed by atoms with E-state index in [0.29, 0.717) is 5.69 Å². The summed E-state index contributed by atoms with van der Waals surface area (Å²) in [4.78, 5) is 15.4. The van der Waals surface area contributed by atoms with E-state index in [1.54, 1.807) is 0 Å². The SMILES string of the molecule is CC(=O)Nc1ccc(S(=O)(=O)N/N=C/C=C2/N(C)c3ccccc3C2(C)C)cc1. The van der Waals surface area contributed by atoms with Gasteiger partial charge in [0.15, 0.2) is 0 Å². The summed E-state index contributed by atoms with van der Waals surface area (Å²) in [6.45, 7) is 5.63. The Balaban J connectivity index is 1.73. The number of fused-ring (bicyclic) bond motifs is 1. The van der Waals surface area contributed by atoms with Crippen LogP contribution in [0.2, 0.25) is 0 Å². The molecule has 0 unspecified atom stereocenters. The molecule has 2 aromatic carbocycles. The smallest absolute Gasteiger partial charge is 0.276 e. The lowest BCUT2D eigenvalue weighted by atomic mass is 9.84. The molecule has 1 heterocycles. The van der Waals surface area contributed by atoms with Crippen molar-refractivity contribution < 1.29 is 13.2 Å². The highest BCUT2D eigenvalue weighted by atomic mass is 32.2. The third-order valence-corrected chi connectivity index (χ3v) is 6.14. The van der Waals surface area contributed by atoms with Crippen LogP contribution in [0, 0.1) is 0 Å². The van der Waals surface area contributed by atoms with Crippen molar-refractivity contribution in [2.45, 2.75) is 31.1 Å². The van der Waals surface area contributed by atoms with Crippen molar-refractivity contribution in [3.63, 3.8) is 0 Å². The fourth-order valence-corrected chi connectivity index (χ4v) is 4.28. The molecule has 0 spiro atoms. The first-order valence-corrected chi connectivity index (χ1v) is 10.6. The van der Waals surface area contributed by atoms with Crippen LogP contribution in [0.1, 0.15) is 26.3 Å². The van der Waals surface area contributed by atoms with Crippen LogP contribution < -0.4 is 15.0 Å². The largest absolute Gasteiger partial charge is 0.347 e. The minimum absolute atomic E-state index is 0.0575. The van der Waals surface area contributed by atoms with Crippen LogP contribution in [0.4, 0.5) is 11.4 Å². The number of para-hydroxylation sites is 1. The lowest BCUT2D eigenvalue weighted by Crippen LogP contribution is -2.23. The third kappa shape index (κ3) is 4.17. The molecule has 2 N–H and O–H groups in total. The van der Waals surface area contributed by atoms with Crippen LogP contribution in [0.5, 0.6) is 0 Å². The summed E-state index contributed by atoms with van der Waals surface area (Å²) in [5.74, 6) is -0.224. The van der Waals surface area contributed by atoms with Crippen LogP contribution in [-0.2, 0) is 20.2 Å². The molecule has 0 saturated carbocycles. The molecule has 1 aliphatic heterocycles. The minimum Gasteiger partial charge on any atom is -0.347 e. The van der Waals surface area contributed by atoms with E-state index < -0.39 is 10.0 Å². The number of likely N-dealkylation sites (N-methyl/N-ethyl adjacent to an activating group) is 1. The van der Waals surface area contributed by atoms with Gasteiger partial charge in [0, 0.05) is 42.7 Å². The lowest BCUT2D eigenvalue weighted by molar-refractivity contribution is -0.114. The van der Waals surface area contributed by atoms with Crippen LogP contribution in [0.25, 0.3) is 0 Å². The van der Waals surface area contributed by atoms with Crippen molar-refractivity contribution in [3.8, 4) is 0 Å². The highest BCUT2D eigenvalue weighted by Gasteiger charge is 2.37. The second-order valence-electron chi connectivity index (χ2n) is 7.33. The molecule has 0 saturated heterocycles. The fraction of sp³-hybridized carbons (Fsp3) is 0.238. The van der Waals surface area contributed by atoms with Crippen molar-refractivity contribution in [2.24, 2.45) is 5.10 Å². The van der Waals surface area contributed by atoms with E-state index in [2.05, 4.69) is 46.1 Å². The summed E-state index contributed by atoms with van der Waals surface area (Å²) in [5, 5.41) is 6.47. The number of nitrogens with zero attached hydrogens (tertiary/aromatic N) is 2. The van der Waals surface area contributed by atoms with Gasteiger partial charge in [-0.2, -0.15) is 13.5 Å². The van der Waals surface area contributed by atoms with Gasteiger partial charge >= 0.3 is 0 Å². The summed E-state index contributed by atoms with van der Waals surface area (Å²) < 4.78 is 24.8. The summed E-state index contributed by atoms with van der Waals surface area (Å²) in [6, 6.07) is 14.0. The fourth-order valence-electron chi connectivity index (χ4n) is 3.48. The molecule has 152 valence electrons. The number of hydrogen-bond donors (Lipinski definition) is 2. The molecule has 0 fully saturated rings. The number of hydrogen-bond acceptors (Lipinski definition) is 5. The Morgan fingerprint density at radius 2 is 1.76 bits per heavy atom. The highest BCUT2D eigenvalue weighted by molar-refractivity contribution is 7.89. The Labute approximate surface area is 171 Å². The molecule has 29 heavy (non-hydrogen) atoms. The number of hydrazone groups is 1. The maximum absolute atomic E-state index is 12.4. The quantitative estimate of drug-likeness (QED) is 0.583. The molecule has 0 radical (unpaired) electrons. The number of amides is 1. The first-order chi connectivity index (χ1) is 13.6. The number of carbonyl (C=O) groups is 1. The van der Waals surface area contributed by atoms with Crippen LogP contribution in [-0.4, -0.2) is 27.6 Å². The molecule has 0 bridgehead atoms. The first-order valence-electron chi connectivity index (χ1n) is 9.09. The molecule has 7 nitrogen and oxygen atoms in total. The number of nitrogens with one attached hydrogen (secondary N) is 2. The van der Waals surface area contributed by atoms with E-state index in [-0.39, 0.29) is 16.2 Å². The summed E-state index contributed by atoms with van der Waals surface area (Å²) in [7, 11) is -1.82. The zero-order chi connectivity index (χ0) is 21.2. The van der Waals surface area contributed by atoms with E-state index >= 15 is 0 Å². The van der Waals surface area contributed by atoms with Gasteiger partial charge < -0.3 is 10.2 Å². The van der Waals surface area contributed by atoms with Gasteiger partial charge in [0.1, 0.15) is 0 Å². The average Bonchev–Trinajstić information content (AvgIpc) is 2.85. The predicted octanol–water partition coefficient (Wildman–Crippen LogP) is 3.22. The van der Waals surface area contributed by atoms with Crippen LogP contribution >= 0.6 is 0 Å². The molecule has 1 amide bonds. The normalized spacial score (nSPS) is 16.8. The zero-order valence-electron chi connectivity index (χ0n) is 16.8. The Morgan fingerprint density at radius 3 is 2.38 bits per heavy atom. The van der Waals surface area contributed by atoms with Gasteiger partial charge in [0.25, 0.3) is 10.0 Å². The highest BCUT2D eigenvalue weighted by Crippen LogP contribution is 2.46. The number of carbonyl (C=O) groups excluding carboxylic acids is 1. The van der Waals surface area contributed by atoms with Gasteiger partial charge in [-0.3, -0.25) is 4.79 Å². The van der Waals surface area contributed by atoms with Gasteiger partial charge in [-0.25, -0.2) is 4.83 Å². The topological polar surface area (TPSA) is 90.9 Å². The molecular formula is C21H24N4O3S. The van der Waals surface area contributed by atoms with Crippen LogP contribution in [0.3, 0.4) is 0 Å². The second-order valence-corrected chi connectivity index (χ2v) is 8.99. The molecule has 0 atom stereocenters. The molecule has 0 aromatic heterocycles. The van der Waals surface area contributed by atoms with Crippen molar-refractivity contribution in [2.75, 3.05) is 17.3 Å². The Hall–Kier alpha value is -3.13. The van der Waals surface area contributed by atoms with E-state index in [9.17, 15) is 13.2 Å². The number of sulfonamides is 1. The predicted molar refractivity (Wildman–Crippen MR) is 116 cm³/mol. The number of rotatable bonds is 5. The van der Waals surface area contributed by atoms with Gasteiger partial charge in [-0.15, -0.1) is 0 Å². The lowest BCUT2D eigenvalue weighted by Gasteiger charge is -2.23. The molecule has 3 rings (SSSR count). The molecule has 2 aromatic rings.